The van der Waals surface area contributed by atoms with Crippen LogP contribution in [0.25, 0.3) is 0 Å². The van der Waals surface area contributed by atoms with Crippen LogP contribution in [-0.2, 0) is 0 Å². The number of benzene rings is 1. The second-order valence-corrected chi connectivity index (χ2v) is 8.05. The Kier molecular flexibility index (Phi) is 6.05. The van der Waals surface area contributed by atoms with E-state index >= 15 is 0 Å². The van der Waals surface area contributed by atoms with E-state index in [4.69, 9.17) is 11.6 Å². The summed E-state index contributed by atoms with van der Waals surface area (Å²) < 4.78 is 15.8. The number of thiophene rings is 1. The lowest BCUT2D eigenvalue weighted by Crippen LogP contribution is -2.23. The Morgan fingerprint density at radius 3 is 2.65 bits per heavy atom. The summed E-state index contributed by atoms with van der Waals surface area (Å²) in [4.78, 5) is 0.997. The van der Waals surface area contributed by atoms with E-state index in [1.54, 1.807) is 6.07 Å². The van der Waals surface area contributed by atoms with E-state index < -0.39 is 0 Å². The molecule has 1 aromatic heterocycles. The standard InChI is InChI=1S/C14H13Br2ClFNS/c1-2-5-19-13(12-7-10(17)14(16)20-12)9-4-3-8(15)6-11(9)18/h3-4,6-7,13,19H,2,5H2,1H3. The molecule has 1 atom stereocenters. The third-order valence-corrected chi connectivity index (χ3v) is 5.85. The molecular formula is C14H13Br2ClFNS. The predicted octanol–water partition coefficient (Wildman–Crippen LogP) is 6.15. The van der Waals surface area contributed by atoms with Crippen molar-refractivity contribution in [1.29, 1.82) is 0 Å². The third-order valence-electron chi connectivity index (χ3n) is 2.82. The van der Waals surface area contributed by atoms with Gasteiger partial charge in [-0.3, -0.25) is 0 Å². The highest BCUT2D eigenvalue weighted by Gasteiger charge is 2.20. The lowest BCUT2D eigenvalue weighted by molar-refractivity contribution is 0.550. The lowest BCUT2D eigenvalue weighted by atomic mass is 10.0. The molecule has 20 heavy (non-hydrogen) atoms. The summed E-state index contributed by atoms with van der Waals surface area (Å²) in [6.45, 7) is 2.90. The van der Waals surface area contributed by atoms with Crippen LogP contribution in [0.4, 0.5) is 4.39 Å². The molecule has 0 aliphatic heterocycles. The summed E-state index contributed by atoms with van der Waals surface area (Å²) in [5.74, 6) is -0.228. The fraction of sp³-hybridized carbons (Fsp3) is 0.286. The van der Waals surface area contributed by atoms with Gasteiger partial charge < -0.3 is 5.32 Å². The van der Waals surface area contributed by atoms with Gasteiger partial charge in [0.15, 0.2) is 0 Å². The van der Waals surface area contributed by atoms with Crippen molar-refractivity contribution in [2.45, 2.75) is 19.4 Å². The highest BCUT2D eigenvalue weighted by atomic mass is 79.9. The van der Waals surface area contributed by atoms with Crippen LogP contribution in [0.2, 0.25) is 5.02 Å². The summed E-state index contributed by atoms with van der Waals surface area (Å²) in [5, 5.41) is 4.04. The Morgan fingerprint density at radius 2 is 2.10 bits per heavy atom. The number of hydrogen-bond donors (Lipinski definition) is 1. The number of nitrogens with one attached hydrogen (secondary N) is 1. The average Bonchev–Trinajstić information content (AvgIpc) is 2.72. The van der Waals surface area contributed by atoms with Crippen LogP contribution < -0.4 is 5.32 Å². The first kappa shape index (κ1) is 16.4. The highest BCUT2D eigenvalue weighted by molar-refractivity contribution is 9.11. The van der Waals surface area contributed by atoms with Gasteiger partial charge in [-0.1, -0.05) is 40.5 Å². The molecule has 1 N–H and O–H groups in total. The van der Waals surface area contributed by atoms with Gasteiger partial charge in [-0.15, -0.1) is 11.3 Å². The van der Waals surface area contributed by atoms with Crippen LogP contribution in [0.15, 0.2) is 32.5 Å². The molecule has 1 heterocycles. The minimum Gasteiger partial charge on any atom is -0.306 e. The third kappa shape index (κ3) is 3.83. The van der Waals surface area contributed by atoms with E-state index in [0.717, 1.165) is 26.1 Å². The summed E-state index contributed by atoms with van der Waals surface area (Å²) in [6, 6.07) is 6.83. The van der Waals surface area contributed by atoms with Gasteiger partial charge in [-0.2, -0.15) is 0 Å². The molecule has 0 saturated carbocycles. The first-order valence-electron chi connectivity index (χ1n) is 6.16. The van der Waals surface area contributed by atoms with Gasteiger partial charge in [-0.25, -0.2) is 4.39 Å². The molecule has 1 aromatic carbocycles. The zero-order chi connectivity index (χ0) is 14.7. The van der Waals surface area contributed by atoms with Crippen molar-refractivity contribution in [3.8, 4) is 0 Å². The summed E-state index contributed by atoms with van der Waals surface area (Å²) in [5.41, 5.74) is 0.632. The Bertz CT molecular complexity index is 583. The SMILES string of the molecule is CCCNC(c1cc(Cl)c(Br)s1)c1ccc(Br)cc1F. The maximum atomic E-state index is 14.2. The van der Waals surface area contributed by atoms with E-state index in [1.807, 2.05) is 12.1 Å². The molecule has 0 radical (unpaired) electrons. The molecule has 0 aliphatic rings. The second-order valence-electron chi connectivity index (χ2n) is 4.32. The first-order valence-corrected chi connectivity index (χ1v) is 8.94. The lowest BCUT2D eigenvalue weighted by Gasteiger charge is -2.18. The van der Waals surface area contributed by atoms with E-state index in [2.05, 4.69) is 44.1 Å². The summed E-state index contributed by atoms with van der Waals surface area (Å²) in [7, 11) is 0. The van der Waals surface area contributed by atoms with E-state index in [0.29, 0.717) is 10.6 Å². The Hall–Kier alpha value is 0.0600. The monoisotopic (exact) mass is 439 g/mol. The number of halogens is 4. The van der Waals surface area contributed by atoms with Crippen LogP contribution in [0.1, 0.15) is 29.8 Å². The molecule has 2 aromatic rings. The van der Waals surface area contributed by atoms with E-state index in [9.17, 15) is 4.39 Å². The topological polar surface area (TPSA) is 12.0 Å². The molecule has 0 bridgehead atoms. The van der Waals surface area contributed by atoms with Crippen molar-refractivity contribution >= 4 is 54.8 Å². The smallest absolute Gasteiger partial charge is 0.129 e. The molecule has 0 saturated heterocycles. The van der Waals surface area contributed by atoms with Crippen molar-refractivity contribution in [3.63, 3.8) is 0 Å². The van der Waals surface area contributed by atoms with E-state index in [-0.39, 0.29) is 11.9 Å². The molecule has 0 spiro atoms. The van der Waals surface area contributed by atoms with Gasteiger partial charge in [0.1, 0.15) is 5.82 Å². The highest BCUT2D eigenvalue weighted by Crippen LogP contribution is 2.38. The van der Waals surface area contributed by atoms with Crippen LogP contribution in [0.5, 0.6) is 0 Å². The quantitative estimate of drug-likeness (QED) is 0.586. The van der Waals surface area contributed by atoms with Gasteiger partial charge in [0.25, 0.3) is 0 Å². The minimum absolute atomic E-state index is 0.183. The maximum Gasteiger partial charge on any atom is 0.129 e. The molecule has 2 rings (SSSR count). The normalized spacial score (nSPS) is 12.7. The van der Waals surface area contributed by atoms with Crippen LogP contribution in [-0.4, -0.2) is 6.54 Å². The van der Waals surface area contributed by atoms with Crippen LogP contribution in [0, 0.1) is 5.82 Å². The molecule has 108 valence electrons. The van der Waals surface area contributed by atoms with Gasteiger partial charge >= 0.3 is 0 Å². The van der Waals surface area contributed by atoms with Crippen molar-refractivity contribution < 1.29 is 4.39 Å². The molecule has 0 amide bonds. The molecule has 6 heteroatoms. The minimum atomic E-state index is -0.228. The van der Waals surface area contributed by atoms with Crippen molar-refractivity contribution in [3.05, 3.63) is 53.8 Å². The maximum absolute atomic E-state index is 14.2. The Morgan fingerprint density at radius 1 is 1.35 bits per heavy atom. The second kappa shape index (κ2) is 7.36. The molecule has 0 aliphatic carbocycles. The first-order chi connectivity index (χ1) is 9.52. The zero-order valence-corrected chi connectivity index (χ0v) is 15.5. The van der Waals surface area contributed by atoms with Crippen LogP contribution in [0.3, 0.4) is 0 Å². The largest absolute Gasteiger partial charge is 0.306 e. The Labute approximate surface area is 143 Å². The summed E-state index contributed by atoms with van der Waals surface area (Å²) >= 11 is 14.3. The fourth-order valence-electron chi connectivity index (χ4n) is 1.89. The van der Waals surface area contributed by atoms with Crippen LogP contribution >= 0.6 is 54.8 Å². The molecule has 1 nitrogen and oxygen atoms in total. The molecular weight excluding hydrogens is 428 g/mol. The fourth-order valence-corrected chi connectivity index (χ4v) is 4.07. The Balaban J connectivity index is 2.41. The number of rotatable bonds is 5. The average molecular weight is 442 g/mol. The van der Waals surface area contributed by atoms with Gasteiger partial charge in [0.2, 0.25) is 0 Å². The number of hydrogen-bond acceptors (Lipinski definition) is 2. The van der Waals surface area contributed by atoms with Gasteiger partial charge in [0.05, 0.1) is 14.9 Å². The van der Waals surface area contributed by atoms with Gasteiger partial charge in [-0.05, 0) is 47.1 Å². The summed E-state index contributed by atoms with van der Waals surface area (Å²) in [6.07, 6.45) is 0.981. The molecule has 1 unspecified atom stereocenters. The molecule has 0 fully saturated rings. The van der Waals surface area contributed by atoms with Crippen molar-refractivity contribution in [1.82, 2.24) is 5.32 Å². The van der Waals surface area contributed by atoms with Crippen molar-refractivity contribution in [2.24, 2.45) is 0 Å². The van der Waals surface area contributed by atoms with E-state index in [1.165, 1.54) is 17.4 Å². The zero-order valence-electron chi connectivity index (χ0n) is 10.7. The van der Waals surface area contributed by atoms with Gasteiger partial charge in [0, 0.05) is 14.9 Å². The van der Waals surface area contributed by atoms with Crippen molar-refractivity contribution in [2.75, 3.05) is 6.54 Å². The predicted molar refractivity (Wildman–Crippen MR) is 91.3 cm³/mol.